The number of halogens is 1. The van der Waals surface area contributed by atoms with Gasteiger partial charge in [0.1, 0.15) is 0 Å². The third-order valence-corrected chi connectivity index (χ3v) is 3.99. The molecule has 4 heteroatoms. The van der Waals surface area contributed by atoms with Crippen LogP contribution in [0.4, 0.5) is 0 Å². The second-order valence-electron chi connectivity index (χ2n) is 4.15. The molecule has 0 radical (unpaired) electrons. The highest BCUT2D eigenvalue weighted by atomic mass is 35.5. The number of rotatable bonds is 4. The summed E-state index contributed by atoms with van der Waals surface area (Å²) in [5.74, 6) is 2.77. The molecule has 0 unspecified atom stereocenters. The SMILES string of the molecule is O=C(CC[NH+]1CCSCC1)c1ccccc1.[Cl-]. The lowest BCUT2D eigenvalue weighted by Gasteiger charge is -2.22. The van der Waals surface area contributed by atoms with E-state index in [0.717, 1.165) is 12.1 Å². The van der Waals surface area contributed by atoms with Crippen LogP contribution in [0.2, 0.25) is 0 Å². The topological polar surface area (TPSA) is 21.5 Å². The van der Waals surface area contributed by atoms with Crippen molar-refractivity contribution in [1.82, 2.24) is 0 Å². The van der Waals surface area contributed by atoms with Crippen LogP contribution in [0.5, 0.6) is 0 Å². The Morgan fingerprint density at radius 3 is 2.47 bits per heavy atom. The van der Waals surface area contributed by atoms with Gasteiger partial charge in [0.2, 0.25) is 0 Å². The van der Waals surface area contributed by atoms with Crippen molar-refractivity contribution < 1.29 is 22.1 Å². The number of hydrogen-bond donors (Lipinski definition) is 1. The molecular formula is C13H18ClNOS. The molecule has 0 spiro atoms. The highest BCUT2D eigenvalue weighted by Gasteiger charge is 2.15. The number of carbonyl (C=O) groups is 1. The fourth-order valence-electron chi connectivity index (χ4n) is 1.97. The molecule has 1 aromatic rings. The van der Waals surface area contributed by atoms with Gasteiger partial charge in [-0.2, -0.15) is 11.8 Å². The minimum absolute atomic E-state index is 0. The third-order valence-electron chi connectivity index (χ3n) is 3.00. The second-order valence-corrected chi connectivity index (χ2v) is 5.38. The van der Waals surface area contributed by atoms with E-state index in [-0.39, 0.29) is 18.2 Å². The smallest absolute Gasteiger partial charge is 0.168 e. The van der Waals surface area contributed by atoms with E-state index in [9.17, 15) is 4.79 Å². The second kappa shape index (κ2) is 7.75. The fourth-order valence-corrected chi connectivity index (χ4v) is 3.04. The van der Waals surface area contributed by atoms with Gasteiger partial charge in [-0.05, 0) is 0 Å². The van der Waals surface area contributed by atoms with Crippen molar-refractivity contribution in [2.75, 3.05) is 31.1 Å². The Kier molecular flexibility index (Phi) is 6.63. The quantitative estimate of drug-likeness (QED) is 0.634. The molecule has 1 heterocycles. The number of hydrogen-bond acceptors (Lipinski definition) is 2. The molecule has 1 saturated heterocycles. The lowest BCUT2D eigenvalue weighted by Crippen LogP contribution is -3.13. The molecule has 0 atom stereocenters. The largest absolute Gasteiger partial charge is 1.00 e. The highest BCUT2D eigenvalue weighted by molar-refractivity contribution is 7.99. The lowest BCUT2D eigenvalue weighted by molar-refractivity contribution is -0.895. The van der Waals surface area contributed by atoms with Crippen LogP contribution in [-0.2, 0) is 0 Å². The van der Waals surface area contributed by atoms with E-state index in [4.69, 9.17) is 0 Å². The van der Waals surface area contributed by atoms with Gasteiger partial charge in [0.05, 0.1) is 26.1 Å². The van der Waals surface area contributed by atoms with Crippen LogP contribution < -0.4 is 17.3 Å². The Hall–Kier alpha value is -0.510. The number of Topliss-reactive ketones (excluding diaryl/α,β-unsaturated/α-hetero) is 1. The van der Waals surface area contributed by atoms with E-state index in [1.54, 1.807) is 4.90 Å². The number of ketones is 1. The average molecular weight is 272 g/mol. The van der Waals surface area contributed by atoms with E-state index in [2.05, 4.69) is 0 Å². The van der Waals surface area contributed by atoms with Gasteiger partial charge >= 0.3 is 0 Å². The molecule has 17 heavy (non-hydrogen) atoms. The maximum Gasteiger partial charge on any atom is 0.168 e. The molecule has 0 aliphatic carbocycles. The molecule has 1 aliphatic rings. The first-order valence-electron chi connectivity index (χ1n) is 5.86. The molecule has 1 aliphatic heterocycles. The van der Waals surface area contributed by atoms with E-state index in [1.165, 1.54) is 24.6 Å². The van der Waals surface area contributed by atoms with Crippen molar-refractivity contribution >= 4 is 17.5 Å². The van der Waals surface area contributed by atoms with Crippen molar-refractivity contribution in [3.8, 4) is 0 Å². The van der Waals surface area contributed by atoms with Crippen LogP contribution >= 0.6 is 11.8 Å². The maximum atomic E-state index is 11.9. The van der Waals surface area contributed by atoms with Gasteiger partial charge < -0.3 is 17.3 Å². The van der Waals surface area contributed by atoms with Crippen LogP contribution in [0.15, 0.2) is 30.3 Å². The predicted octanol–water partition coefficient (Wildman–Crippen LogP) is -2.10. The summed E-state index contributed by atoms with van der Waals surface area (Å²) >= 11 is 2.02. The summed E-state index contributed by atoms with van der Waals surface area (Å²) in [5.41, 5.74) is 0.855. The van der Waals surface area contributed by atoms with Gasteiger partial charge in [-0.3, -0.25) is 4.79 Å². The molecule has 2 rings (SSSR count). The number of carbonyl (C=O) groups excluding carboxylic acids is 1. The standard InChI is InChI=1S/C13H17NOS.ClH/c15-13(12-4-2-1-3-5-12)6-7-14-8-10-16-11-9-14;/h1-5H,6-11H2;1H. The molecule has 1 N–H and O–H groups in total. The first-order chi connectivity index (χ1) is 7.86. The summed E-state index contributed by atoms with van der Waals surface area (Å²) in [5, 5.41) is 0. The molecule has 0 bridgehead atoms. The summed E-state index contributed by atoms with van der Waals surface area (Å²) in [6.07, 6.45) is 0.685. The Bertz CT molecular complexity index is 339. The Morgan fingerprint density at radius 2 is 1.82 bits per heavy atom. The summed E-state index contributed by atoms with van der Waals surface area (Å²) < 4.78 is 0. The zero-order valence-corrected chi connectivity index (χ0v) is 11.4. The van der Waals surface area contributed by atoms with E-state index < -0.39 is 0 Å². The molecule has 0 saturated carbocycles. The number of quaternary nitrogens is 1. The Balaban J connectivity index is 0.00000144. The molecule has 2 nitrogen and oxygen atoms in total. The van der Waals surface area contributed by atoms with Gasteiger partial charge in [-0.15, -0.1) is 0 Å². The molecular weight excluding hydrogens is 254 g/mol. The van der Waals surface area contributed by atoms with Crippen LogP contribution in [0.25, 0.3) is 0 Å². The Labute approximate surface area is 113 Å². The molecule has 0 amide bonds. The van der Waals surface area contributed by atoms with Gasteiger partial charge in [0, 0.05) is 17.1 Å². The van der Waals surface area contributed by atoms with Crippen LogP contribution in [0.1, 0.15) is 16.8 Å². The zero-order chi connectivity index (χ0) is 11.2. The summed E-state index contributed by atoms with van der Waals surface area (Å²) in [6, 6.07) is 9.62. The maximum absolute atomic E-state index is 11.9. The summed E-state index contributed by atoms with van der Waals surface area (Å²) in [7, 11) is 0. The number of thioether (sulfide) groups is 1. The fraction of sp³-hybridized carbons (Fsp3) is 0.462. The van der Waals surface area contributed by atoms with Gasteiger partial charge in [-0.1, -0.05) is 30.3 Å². The van der Waals surface area contributed by atoms with Crippen molar-refractivity contribution in [2.24, 2.45) is 0 Å². The van der Waals surface area contributed by atoms with Crippen molar-refractivity contribution in [3.05, 3.63) is 35.9 Å². The Morgan fingerprint density at radius 1 is 1.18 bits per heavy atom. The van der Waals surface area contributed by atoms with Crippen LogP contribution in [0, 0.1) is 0 Å². The van der Waals surface area contributed by atoms with Gasteiger partial charge in [-0.25, -0.2) is 0 Å². The van der Waals surface area contributed by atoms with Crippen LogP contribution in [-0.4, -0.2) is 36.9 Å². The normalized spacial score (nSPS) is 16.2. The molecule has 0 aromatic heterocycles. The third kappa shape index (κ3) is 4.70. The van der Waals surface area contributed by atoms with Crippen LogP contribution in [0.3, 0.4) is 0 Å². The highest BCUT2D eigenvalue weighted by Crippen LogP contribution is 2.02. The zero-order valence-electron chi connectivity index (χ0n) is 9.82. The molecule has 1 aromatic carbocycles. The minimum Gasteiger partial charge on any atom is -1.00 e. The first kappa shape index (κ1) is 14.6. The average Bonchev–Trinajstić information content (AvgIpc) is 2.38. The summed E-state index contributed by atoms with van der Waals surface area (Å²) in [6.45, 7) is 3.42. The number of nitrogens with one attached hydrogen (secondary N) is 1. The monoisotopic (exact) mass is 271 g/mol. The molecule has 94 valence electrons. The number of benzene rings is 1. The molecule has 1 fully saturated rings. The predicted molar refractivity (Wildman–Crippen MR) is 68.3 cm³/mol. The van der Waals surface area contributed by atoms with E-state index >= 15 is 0 Å². The summed E-state index contributed by atoms with van der Waals surface area (Å²) in [4.78, 5) is 13.5. The van der Waals surface area contributed by atoms with Crippen molar-refractivity contribution in [1.29, 1.82) is 0 Å². The minimum atomic E-state index is 0. The van der Waals surface area contributed by atoms with E-state index in [1.807, 2.05) is 42.1 Å². The van der Waals surface area contributed by atoms with E-state index in [0.29, 0.717) is 6.42 Å². The first-order valence-corrected chi connectivity index (χ1v) is 7.01. The van der Waals surface area contributed by atoms with Crippen molar-refractivity contribution in [2.45, 2.75) is 6.42 Å². The van der Waals surface area contributed by atoms with Gasteiger partial charge in [0.25, 0.3) is 0 Å². The lowest BCUT2D eigenvalue weighted by atomic mass is 10.1. The van der Waals surface area contributed by atoms with Gasteiger partial charge in [0.15, 0.2) is 5.78 Å². The van der Waals surface area contributed by atoms with Crippen molar-refractivity contribution in [3.63, 3.8) is 0 Å².